The van der Waals surface area contributed by atoms with Crippen LogP contribution in [0.5, 0.6) is 0 Å². The summed E-state index contributed by atoms with van der Waals surface area (Å²) in [5, 5.41) is 11.3. The number of carbonyl (C=O) groups is 2. The number of aromatic carboxylic acids is 1. The number of pyridine rings is 1. The van der Waals surface area contributed by atoms with Crippen LogP contribution in [0.4, 0.5) is 10.2 Å². The molecule has 1 aromatic carbocycles. The van der Waals surface area contributed by atoms with E-state index in [0.717, 1.165) is 4.90 Å². The van der Waals surface area contributed by atoms with E-state index in [1.54, 1.807) is 12.1 Å². The van der Waals surface area contributed by atoms with E-state index in [0.29, 0.717) is 0 Å². The molecule has 1 heterocycles. The fourth-order valence-electron chi connectivity index (χ4n) is 1.45. The minimum absolute atomic E-state index is 0.0497. The zero-order valence-electron chi connectivity index (χ0n) is 10.7. The molecule has 2 aromatic rings. The number of hydrogen-bond acceptors (Lipinski definition) is 4. The molecular weight excluding hydrogens is 295 g/mol. The van der Waals surface area contributed by atoms with E-state index in [4.69, 9.17) is 5.11 Å². The molecule has 0 spiro atoms. The SMILES string of the molecule is O=C(CSc1ccc(F)cc1)Nc1ccc(C(=O)O)cn1. The Hall–Kier alpha value is -2.41. The predicted octanol–water partition coefficient (Wildman–Crippen LogP) is 2.65. The highest BCUT2D eigenvalue weighted by Gasteiger charge is 2.07. The first kappa shape index (κ1) is 15.0. The van der Waals surface area contributed by atoms with Gasteiger partial charge >= 0.3 is 5.97 Å². The summed E-state index contributed by atoms with van der Waals surface area (Å²) in [6.07, 6.45) is 1.17. The molecule has 1 amide bonds. The number of aromatic nitrogens is 1. The number of anilines is 1. The largest absolute Gasteiger partial charge is 0.478 e. The van der Waals surface area contributed by atoms with Crippen molar-refractivity contribution < 1.29 is 19.1 Å². The number of thioether (sulfide) groups is 1. The molecule has 0 aliphatic rings. The monoisotopic (exact) mass is 306 g/mol. The van der Waals surface area contributed by atoms with E-state index >= 15 is 0 Å². The van der Waals surface area contributed by atoms with Gasteiger partial charge in [-0.25, -0.2) is 14.2 Å². The zero-order valence-corrected chi connectivity index (χ0v) is 11.6. The second-order valence-corrected chi connectivity index (χ2v) is 5.08. The zero-order chi connectivity index (χ0) is 15.2. The number of benzene rings is 1. The molecule has 7 heteroatoms. The van der Waals surface area contributed by atoms with Crippen molar-refractivity contribution in [1.29, 1.82) is 0 Å². The average Bonchev–Trinajstić information content (AvgIpc) is 2.47. The van der Waals surface area contributed by atoms with Crippen LogP contribution in [0.1, 0.15) is 10.4 Å². The van der Waals surface area contributed by atoms with Gasteiger partial charge in [-0.05, 0) is 36.4 Å². The Morgan fingerprint density at radius 2 is 1.90 bits per heavy atom. The van der Waals surface area contributed by atoms with Crippen molar-refractivity contribution in [2.24, 2.45) is 0 Å². The quantitative estimate of drug-likeness (QED) is 0.830. The molecule has 0 unspecified atom stereocenters. The van der Waals surface area contributed by atoms with Crippen molar-refractivity contribution in [3.05, 3.63) is 54.0 Å². The summed E-state index contributed by atoms with van der Waals surface area (Å²) in [5.74, 6) is -1.25. The number of carboxylic acid groups (broad SMARTS) is 1. The third-order valence-electron chi connectivity index (χ3n) is 2.46. The molecule has 1 aromatic heterocycles. The van der Waals surface area contributed by atoms with E-state index in [-0.39, 0.29) is 28.9 Å². The fourth-order valence-corrected chi connectivity index (χ4v) is 2.15. The number of nitrogens with zero attached hydrogens (tertiary/aromatic N) is 1. The molecule has 0 atom stereocenters. The van der Waals surface area contributed by atoms with Gasteiger partial charge in [0.15, 0.2) is 0 Å². The van der Waals surface area contributed by atoms with Gasteiger partial charge in [0.1, 0.15) is 11.6 Å². The third-order valence-corrected chi connectivity index (χ3v) is 3.47. The van der Waals surface area contributed by atoms with Crippen molar-refractivity contribution in [2.45, 2.75) is 4.90 Å². The summed E-state index contributed by atoms with van der Waals surface area (Å²) in [7, 11) is 0. The van der Waals surface area contributed by atoms with Crippen LogP contribution in [-0.2, 0) is 4.79 Å². The Bertz CT molecular complexity index is 644. The highest BCUT2D eigenvalue weighted by Crippen LogP contribution is 2.18. The molecule has 0 radical (unpaired) electrons. The molecule has 0 aliphatic carbocycles. The number of nitrogens with one attached hydrogen (secondary N) is 1. The molecular formula is C14H11FN2O3S. The summed E-state index contributed by atoms with van der Waals surface area (Å²) in [4.78, 5) is 27.0. The predicted molar refractivity (Wildman–Crippen MR) is 77.0 cm³/mol. The van der Waals surface area contributed by atoms with Crippen molar-refractivity contribution in [3.63, 3.8) is 0 Å². The molecule has 5 nitrogen and oxygen atoms in total. The number of amides is 1. The van der Waals surface area contributed by atoms with Gasteiger partial charge in [0.05, 0.1) is 11.3 Å². The van der Waals surface area contributed by atoms with Gasteiger partial charge < -0.3 is 10.4 Å². The van der Waals surface area contributed by atoms with E-state index in [1.807, 2.05) is 0 Å². The Morgan fingerprint density at radius 3 is 2.48 bits per heavy atom. The summed E-state index contributed by atoms with van der Waals surface area (Å²) in [6, 6.07) is 8.61. The molecule has 0 saturated carbocycles. The molecule has 2 N–H and O–H groups in total. The Labute approximate surface area is 124 Å². The molecule has 0 aliphatic heterocycles. The van der Waals surface area contributed by atoms with Crippen LogP contribution in [0.25, 0.3) is 0 Å². The van der Waals surface area contributed by atoms with Gasteiger partial charge in [-0.2, -0.15) is 0 Å². The summed E-state index contributed by atoms with van der Waals surface area (Å²) < 4.78 is 12.7. The van der Waals surface area contributed by atoms with Crippen LogP contribution in [-0.4, -0.2) is 27.7 Å². The Morgan fingerprint density at radius 1 is 1.19 bits per heavy atom. The summed E-state index contributed by atoms with van der Waals surface area (Å²) in [6.45, 7) is 0. The Balaban J connectivity index is 1.86. The van der Waals surface area contributed by atoms with Gasteiger partial charge in [-0.3, -0.25) is 4.79 Å². The Kier molecular flexibility index (Phi) is 4.89. The molecule has 21 heavy (non-hydrogen) atoms. The van der Waals surface area contributed by atoms with Crippen LogP contribution in [0.3, 0.4) is 0 Å². The first-order valence-corrected chi connectivity index (χ1v) is 6.91. The lowest BCUT2D eigenvalue weighted by atomic mass is 10.3. The maximum absolute atomic E-state index is 12.7. The normalized spacial score (nSPS) is 10.1. The maximum Gasteiger partial charge on any atom is 0.337 e. The molecule has 2 rings (SSSR count). The second kappa shape index (κ2) is 6.85. The first-order valence-electron chi connectivity index (χ1n) is 5.92. The smallest absolute Gasteiger partial charge is 0.337 e. The number of rotatable bonds is 5. The lowest BCUT2D eigenvalue weighted by Gasteiger charge is -2.04. The minimum Gasteiger partial charge on any atom is -0.478 e. The summed E-state index contributed by atoms with van der Waals surface area (Å²) in [5.41, 5.74) is 0.0497. The van der Waals surface area contributed by atoms with Gasteiger partial charge in [0.25, 0.3) is 0 Å². The van der Waals surface area contributed by atoms with Crippen molar-refractivity contribution in [1.82, 2.24) is 4.98 Å². The van der Waals surface area contributed by atoms with Crippen LogP contribution >= 0.6 is 11.8 Å². The lowest BCUT2D eigenvalue weighted by molar-refractivity contribution is -0.113. The van der Waals surface area contributed by atoms with Crippen molar-refractivity contribution in [2.75, 3.05) is 11.1 Å². The van der Waals surface area contributed by atoms with Gasteiger partial charge in [-0.15, -0.1) is 11.8 Å². The highest BCUT2D eigenvalue weighted by molar-refractivity contribution is 8.00. The topological polar surface area (TPSA) is 79.3 Å². The van der Waals surface area contributed by atoms with Gasteiger partial charge in [0.2, 0.25) is 5.91 Å². The number of carbonyl (C=O) groups excluding carboxylic acids is 1. The van der Waals surface area contributed by atoms with Gasteiger partial charge in [0, 0.05) is 11.1 Å². The van der Waals surface area contributed by atoms with E-state index in [1.165, 1.54) is 42.2 Å². The lowest BCUT2D eigenvalue weighted by Crippen LogP contribution is -2.15. The van der Waals surface area contributed by atoms with Crippen molar-refractivity contribution >= 4 is 29.5 Å². The molecule has 108 valence electrons. The number of hydrogen-bond donors (Lipinski definition) is 2. The number of halogens is 1. The molecule has 0 bridgehead atoms. The summed E-state index contributed by atoms with van der Waals surface area (Å²) >= 11 is 1.26. The number of carboxylic acids is 1. The van der Waals surface area contributed by atoms with E-state index < -0.39 is 5.97 Å². The second-order valence-electron chi connectivity index (χ2n) is 4.03. The molecule has 0 fully saturated rings. The van der Waals surface area contributed by atoms with Crippen LogP contribution < -0.4 is 5.32 Å². The fraction of sp³-hybridized carbons (Fsp3) is 0.0714. The highest BCUT2D eigenvalue weighted by atomic mass is 32.2. The average molecular weight is 306 g/mol. The van der Waals surface area contributed by atoms with Crippen LogP contribution in [0.2, 0.25) is 0 Å². The van der Waals surface area contributed by atoms with Gasteiger partial charge in [-0.1, -0.05) is 0 Å². The third kappa shape index (κ3) is 4.57. The standard InChI is InChI=1S/C14H11FN2O3S/c15-10-2-4-11(5-3-10)21-8-13(18)17-12-6-1-9(7-16-12)14(19)20/h1-7H,8H2,(H,19,20)(H,16,17,18). The molecule has 0 saturated heterocycles. The minimum atomic E-state index is -1.08. The van der Waals surface area contributed by atoms with E-state index in [2.05, 4.69) is 10.3 Å². The van der Waals surface area contributed by atoms with Crippen LogP contribution in [0, 0.1) is 5.82 Å². The van der Waals surface area contributed by atoms with Crippen LogP contribution in [0.15, 0.2) is 47.5 Å². The van der Waals surface area contributed by atoms with Crippen molar-refractivity contribution in [3.8, 4) is 0 Å². The van der Waals surface area contributed by atoms with E-state index in [9.17, 15) is 14.0 Å². The maximum atomic E-state index is 12.7. The first-order chi connectivity index (χ1) is 10.0.